The molecule has 0 unspecified atom stereocenters. The third kappa shape index (κ3) is 6.05. The van der Waals surface area contributed by atoms with Gasteiger partial charge in [0.2, 0.25) is 10.0 Å². The minimum atomic E-state index is -3.39. The lowest BCUT2D eigenvalue weighted by Crippen LogP contribution is -2.29. The van der Waals surface area contributed by atoms with E-state index in [1.807, 2.05) is 13.8 Å². The zero-order chi connectivity index (χ0) is 21.6. The van der Waals surface area contributed by atoms with Crippen LogP contribution in [0.2, 0.25) is 0 Å². The van der Waals surface area contributed by atoms with E-state index in [-0.39, 0.29) is 11.8 Å². The molecule has 0 radical (unpaired) electrons. The fraction of sp³-hybridized carbons (Fsp3) is 0.333. The Labute approximate surface area is 172 Å². The van der Waals surface area contributed by atoms with E-state index in [1.165, 1.54) is 4.31 Å². The number of hydrogen-bond acceptors (Lipinski definition) is 4. The maximum absolute atomic E-state index is 12.6. The molecule has 7 nitrogen and oxygen atoms in total. The van der Waals surface area contributed by atoms with Gasteiger partial charge in [0.15, 0.2) is 0 Å². The lowest BCUT2D eigenvalue weighted by atomic mass is 10.1. The number of anilines is 2. The van der Waals surface area contributed by atoms with Crippen LogP contribution in [0, 0.1) is 5.92 Å². The number of nitrogens with zero attached hydrogens (tertiary/aromatic N) is 1. The van der Waals surface area contributed by atoms with Crippen molar-refractivity contribution in [3.05, 3.63) is 59.7 Å². The SMILES string of the molecule is CCN(c1ccc(C(=O)Nc2ccccc2C(=O)NCC(C)C)cc1)S(C)(=O)=O. The van der Waals surface area contributed by atoms with Crippen molar-refractivity contribution < 1.29 is 18.0 Å². The van der Waals surface area contributed by atoms with Crippen molar-refractivity contribution in [3.63, 3.8) is 0 Å². The van der Waals surface area contributed by atoms with Crippen LogP contribution in [-0.4, -0.2) is 39.6 Å². The van der Waals surface area contributed by atoms with Crippen LogP contribution < -0.4 is 14.9 Å². The standard InChI is InChI=1S/C21H27N3O4S/c1-5-24(29(4,27)28)17-12-10-16(11-13-17)20(25)23-19-9-7-6-8-18(19)21(26)22-14-15(2)3/h6-13,15H,5,14H2,1-4H3,(H,22,26)(H,23,25). The van der Waals surface area contributed by atoms with Gasteiger partial charge < -0.3 is 10.6 Å². The Bertz CT molecular complexity index is 970. The predicted molar refractivity (Wildman–Crippen MR) is 116 cm³/mol. The van der Waals surface area contributed by atoms with Crippen LogP contribution in [0.4, 0.5) is 11.4 Å². The molecule has 0 saturated heterocycles. The van der Waals surface area contributed by atoms with Crippen LogP contribution in [0.1, 0.15) is 41.5 Å². The van der Waals surface area contributed by atoms with E-state index in [0.717, 1.165) is 6.26 Å². The summed E-state index contributed by atoms with van der Waals surface area (Å²) in [6, 6.07) is 13.1. The summed E-state index contributed by atoms with van der Waals surface area (Å²) in [5.41, 5.74) is 1.64. The molecule has 0 aromatic heterocycles. The summed E-state index contributed by atoms with van der Waals surface area (Å²) in [5, 5.41) is 5.60. The molecular weight excluding hydrogens is 390 g/mol. The summed E-state index contributed by atoms with van der Waals surface area (Å²) in [5.74, 6) is -0.325. The summed E-state index contributed by atoms with van der Waals surface area (Å²) in [4.78, 5) is 25.0. The molecule has 0 fully saturated rings. The van der Waals surface area contributed by atoms with Crippen LogP contribution in [-0.2, 0) is 10.0 Å². The van der Waals surface area contributed by atoms with Crippen LogP contribution in [0.25, 0.3) is 0 Å². The second kappa shape index (κ2) is 9.56. The van der Waals surface area contributed by atoms with Gasteiger partial charge in [-0.25, -0.2) is 8.42 Å². The largest absolute Gasteiger partial charge is 0.352 e. The number of benzene rings is 2. The molecule has 0 spiro atoms. The van der Waals surface area contributed by atoms with Gasteiger partial charge in [-0.3, -0.25) is 13.9 Å². The molecule has 156 valence electrons. The first-order valence-electron chi connectivity index (χ1n) is 9.39. The third-order valence-corrected chi connectivity index (χ3v) is 5.47. The minimum absolute atomic E-state index is 0.253. The molecule has 29 heavy (non-hydrogen) atoms. The summed E-state index contributed by atoms with van der Waals surface area (Å²) in [7, 11) is -3.39. The number of nitrogens with one attached hydrogen (secondary N) is 2. The van der Waals surface area contributed by atoms with Crippen molar-refractivity contribution in [2.24, 2.45) is 5.92 Å². The van der Waals surface area contributed by atoms with Crippen LogP contribution >= 0.6 is 0 Å². The van der Waals surface area contributed by atoms with Gasteiger partial charge in [0.05, 0.1) is 23.2 Å². The zero-order valence-corrected chi connectivity index (χ0v) is 17.9. The Morgan fingerprint density at radius 3 is 2.17 bits per heavy atom. The topological polar surface area (TPSA) is 95.6 Å². The summed E-state index contributed by atoms with van der Waals surface area (Å²) >= 11 is 0. The van der Waals surface area contributed by atoms with Crippen molar-refractivity contribution >= 4 is 33.2 Å². The number of rotatable bonds is 8. The maximum atomic E-state index is 12.6. The van der Waals surface area contributed by atoms with Crippen LogP contribution in [0.15, 0.2) is 48.5 Å². The van der Waals surface area contributed by atoms with Crippen molar-refractivity contribution in [1.82, 2.24) is 5.32 Å². The highest BCUT2D eigenvalue weighted by molar-refractivity contribution is 7.92. The average molecular weight is 418 g/mol. The van der Waals surface area contributed by atoms with Gasteiger partial charge in [-0.1, -0.05) is 26.0 Å². The smallest absolute Gasteiger partial charge is 0.255 e. The molecule has 2 amide bonds. The Morgan fingerprint density at radius 2 is 1.62 bits per heavy atom. The quantitative estimate of drug-likeness (QED) is 0.690. The van der Waals surface area contributed by atoms with Gasteiger partial charge in [-0.05, 0) is 49.2 Å². The first-order chi connectivity index (χ1) is 13.6. The van der Waals surface area contributed by atoms with E-state index in [1.54, 1.807) is 55.5 Å². The molecule has 2 aromatic rings. The minimum Gasteiger partial charge on any atom is -0.352 e. The maximum Gasteiger partial charge on any atom is 0.255 e. The van der Waals surface area contributed by atoms with Crippen molar-refractivity contribution in [3.8, 4) is 0 Å². The number of amides is 2. The van der Waals surface area contributed by atoms with E-state index >= 15 is 0 Å². The molecular formula is C21H27N3O4S. The number of hydrogen-bond donors (Lipinski definition) is 2. The Hall–Kier alpha value is -2.87. The first kappa shape index (κ1) is 22.4. The second-order valence-corrected chi connectivity index (χ2v) is 8.99. The van der Waals surface area contributed by atoms with Gasteiger partial charge in [-0.15, -0.1) is 0 Å². The van der Waals surface area contributed by atoms with Gasteiger partial charge >= 0.3 is 0 Å². The van der Waals surface area contributed by atoms with Crippen molar-refractivity contribution in [2.75, 3.05) is 29.0 Å². The van der Waals surface area contributed by atoms with Crippen molar-refractivity contribution in [1.29, 1.82) is 0 Å². The van der Waals surface area contributed by atoms with E-state index in [0.29, 0.717) is 41.5 Å². The van der Waals surface area contributed by atoms with Crippen LogP contribution in [0.5, 0.6) is 0 Å². The van der Waals surface area contributed by atoms with Crippen molar-refractivity contribution in [2.45, 2.75) is 20.8 Å². The zero-order valence-electron chi connectivity index (χ0n) is 17.1. The number of carbonyl (C=O) groups excluding carboxylic acids is 2. The normalized spacial score (nSPS) is 11.2. The molecule has 0 aliphatic rings. The first-order valence-corrected chi connectivity index (χ1v) is 11.2. The van der Waals surface area contributed by atoms with E-state index in [4.69, 9.17) is 0 Å². The number of para-hydroxylation sites is 1. The third-order valence-electron chi connectivity index (χ3n) is 4.20. The fourth-order valence-electron chi connectivity index (χ4n) is 2.76. The molecule has 0 aliphatic carbocycles. The lowest BCUT2D eigenvalue weighted by molar-refractivity contribution is 0.0950. The highest BCUT2D eigenvalue weighted by Gasteiger charge is 2.17. The molecule has 8 heteroatoms. The monoisotopic (exact) mass is 417 g/mol. The van der Waals surface area contributed by atoms with Gasteiger partial charge in [0, 0.05) is 18.7 Å². The Kier molecular flexibility index (Phi) is 7.39. The molecule has 0 saturated carbocycles. The molecule has 0 atom stereocenters. The summed E-state index contributed by atoms with van der Waals surface area (Å²) in [6.45, 7) is 6.57. The van der Waals surface area contributed by atoms with E-state index < -0.39 is 10.0 Å². The van der Waals surface area contributed by atoms with E-state index in [9.17, 15) is 18.0 Å². The van der Waals surface area contributed by atoms with Gasteiger partial charge in [-0.2, -0.15) is 0 Å². The predicted octanol–water partition coefficient (Wildman–Crippen LogP) is 3.11. The molecule has 2 N–H and O–H groups in total. The lowest BCUT2D eigenvalue weighted by Gasteiger charge is -2.20. The van der Waals surface area contributed by atoms with Gasteiger partial charge in [0.1, 0.15) is 0 Å². The Morgan fingerprint density at radius 1 is 1.00 bits per heavy atom. The van der Waals surface area contributed by atoms with Crippen LogP contribution in [0.3, 0.4) is 0 Å². The highest BCUT2D eigenvalue weighted by atomic mass is 32.2. The highest BCUT2D eigenvalue weighted by Crippen LogP contribution is 2.20. The van der Waals surface area contributed by atoms with Gasteiger partial charge in [0.25, 0.3) is 11.8 Å². The molecule has 0 aliphatic heterocycles. The van der Waals surface area contributed by atoms with E-state index in [2.05, 4.69) is 10.6 Å². The summed E-state index contributed by atoms with van der Waals surface area (Å²) < 4.78 is 24.9. The molecule has 0 bridgehead atoms. The number of sulfonamides is 1. The molecule has 2 rings (SSSR count). The Balaban J connectivity index is 2.18. The summed E-state index contributed by atoms with van der Waals surface area (Å²) in [6.07, 6.45) is 1.14. The number of carbonyl (C=O) groups is 2. The molecule has 0 heterocycles. The fourth-order valence-corrected chi connectivity index (χ4v) is 3.74. The average Bonchev–Trinajstić information content (AvgIpc) is 2.66. The second-order valence-electron chi connectivity index (χ2n) is 7.08. The molecule has 2 aromatic carbocycles.